The van der Waals surface area contributed by atoms with E-state index in [0.717, 1.165) is 42.6 Å². The number of hydrogen-bond donors (Lipinski definition) is 1. The lowest BCUT2D eigenvalue weighted by Crippen LogP contribution is -2.55. The average molecular weight is 447 g/mol. The van der Waals surface area contributed by atoms with Crippen LogP contribution in [0.25, 0.3) is 0 Å². The quantitative estimate of drug-likeness (QED) is 0.567. The molecule has 2 aromatic carbocycles. The number of aryl methyl sites for hydroxylation is 1. The number of rotatable bonds is 3. The number of amidine groups is 1. The summed E-state index contributed by atoms with van der Waals surface area (Å²) in [5.74, 6) is 2.37. The van der Waals surface area contributed by atoms with Crippen LogP contribution in [-0.4, -0.2) is 55.5 Å². The third-order valence-electron chi connectivity index (χ3n) is 6.68. The van der Waals surface area contributed by atoms with Gasteiger partial charge in [0, 0.05) is 36.5 Å². The summed E-state index contributed by atoms with van der Waals surface area (Å²) >= 11 is 1.80. The fourth-order valence-corrected chi connectivity index (χ4v) is 5.79. The summed E-state index contributed by atoms with van der Waals surface area (Å²) in [5, 5.41) is 4.81. The number of nitrogens with one attached hydrogen (secondary N) is 1. The molecular weight excluding hydrogens is 416 g/mol. The molecule has 3 heterocycles. The van der Waals surface area contributed by atoms with Crippen LogP contribution in [0.2, 0.25) is 0 Å². The lowest BCUT2D eigenvalue weighted by molar-refractivity contribution is 0.123. The van der Waals surface area contributed by atoms with Gasteiger partial charge in [-0.15, -0.1) is 11.3 Å². The molecule has 0 saturated carbocycles. The highest BCUT2D eigenvalue weighted by Gasteiger charge is 2.34. The van der Waals surface area contributed by atoms with Crippen molar-refractivity contribution in [1.82, 2.24) is 9.80 Å². The van der Waals surface area contributed by atoms with Gasteiger partial charge in [0.1, 0.15) is 16.6 Å². The molecule has 0 amide bonds. The molecule has 2 unspecified atom stereocenters. The minimum atomic E-state index is 0.333. The Balaban J connectivity index is 1.51. The zero-order valence-electron chi connectivity index (χ0n) is 19.1. The molecular formula is C26H30N4OS. The Morgan fingerprint density at radius 3 is 2.75 bits per heavy atom. The highest BCUT2D eigenvalue weighted by molar-refractivity contribution is 7.16. The minimum absolute atomic E-state index is 0.333. The monoisotopic (exact) mass is 446 g/mol. The lowest BCUT2D eigenvalue weighted by Gasteiger charge is -2.43. The Kier molecular flexibility index (Phi) is 5.66. The Morgan fingerprint density at radius 2 is 1.91 bits per heavy atom. The van der Waals surface area contributed by atoms with Crippen LogP contribution in [0.4, 0.5) is 16.4 Å². The molecule has 1 saturated heterocycles. The standard InChI is InChI=1S/C26H30N4OS/c1-17-15-20-25(27-21-10-6-7-11-22(21)28-26(20)32-17)30-14-13-29(3)23(16-30)18(2)19-9-5-8-12-24(19)31-4/h5-12,15,18,23,28H,13-14,16H2,1-4H3. The van der Waals surface area contributed by atoms with Crippen molar-refractivity contribution in [3.63, 3.8) is 0 Å². The summed E-state index contributed by atoms with van der Waals surface area (Å²) in [4.78, 5) is 11.4. The first-order valence-electron chi connectivity index (χ1n) is 11.2. The Bertz CT molecular complexity index is 1150. The molecule has 3 aromatic rings. The molecule has 32 heavy (non-hydrogen) atoms. The molecule has 2 aliphatic rings. The van der Waals surface area contributed by atoms with E-state index in [9.17, 15) is 0 Å². The van der Waals surface area contributed by atoms with Gasteiger partial charge in [0.15, 0.2) is 0 Å². The number of hydrogen-bond acceptors (Lipinski definition) is 6. The Hall–Kier alpha value is -2.83. The van der Waals surface area contributed by atoms with Crippen LogP contribution < -0.4 is 10.1 Å². The van der Waals surface area contributed by atoms with Gasteiger partial charge in [-0.25, -0.2) is 4.99 Å². The van der Waals surface area contributed by atoms with Gasteiger partial charge in [0.2, 0.25) is 0 Å². The second-order valence-corrected chi connectivity index (χ2v) is 9.96. The van der Waals surface area contributed by atoms with Crippen molar-refractivity contribution in [2.45, 2.75) is 25.8 Å². The zero-order chi connectivity index (χ0) is 22.2. The van der Waals surface area contributed by atoms with Crippen LogP contribution in [0.3, 0.4) is 0 Å². The minimum Gasteiger partial charge on any atom is -0.496 e. The van der Waals surface area contributed by atoms with E-state index in [-0.39, 0.29) is 0 Å². The van der Waals surface area contributed by atoms with Crippen LogP contribution in [0.1, 0.15) is 28.8 Å². The predicted molar refractivity (Wildman–Crippen MR) is 134 cm³/mol. The first-order valence-corrected chi connectivity index (χ1v) is 12.0. The number of thiophene rings is 1. The highest BCUT2D eigenvalue weighted by Crippen LogP contribution is 2.40. The number of fused-ring (bicyclic) bond motifs is 2. The molecule has 1 aromatic heterocycles. The molecule has 0 radical (unpaired) electrons. The molecule has 1 N–H and O–H groups in total. The number of nitrogens with zero attached hydrogens (tertiary/aromatic N) is 3. The molecule has 166 valence electrons. The number of likely N-dealkylation sites (N-methyl/N-ethyl adjacent to an activating group) is 1. The van der Waals surface area contributed by atoms with Gasteiger partial charge < -0.3 is 15.0 Å². The first kappa shape index (κ1) is 21.0. The molecule has 2 aliphatic heterocycles. The third kappa shape index (κ3) is 3.78. The predicted octanol–water partition coefficient (Wildman–Crippen LogP) is 5.62. The second kappa shape index (κ2) is 8.60. The van der Waals surface area contributed by atoms with Crippen molar-refractivity contribution in [2.75, 3.05) is 39.1 Å². The summed E-state index contributed by atoms with van der Waals surface area (Å²) in [6, 6.07) is 19.4. The van der Waals surface area contributed by atoms with E-state index in [1.807, 2.05) is 6.07 Å². The smallest absolute Gasteiger partial charge is 0.139 e. The molecule has 0 bridgehead atoms. The van der Waals surface area contributed by atoms with E-state index >= 15 is 0 Å². The number of ether oxygens (including phenoxy) is 1. The maximum atomic E-state index is 5.68. The van der Waals surface area contributed by atoms with E-state index in [1.165, 1.54) is 21.0 Å². The number of para-hydroxylation sites is 3. The van der Waals surface area contributed by atoms with E-state index in [0.29, 0.717) is 12.0 Å². The van der Waals surface area contributed by atoms with Crippen molar-refractivity contribution in [1.29, 1.82) is 0 Å². The normalized spacial score (nSPS) is 19.3. The molecule has 0 spiro atoms. The summed E-state index contributed by atoms with van der Waals surface area (Å²) < 4.78 is 5.68. The maximum absolute atomic E-state index is 5.68. The van der Waals surface area contributed by atoms with E-state index in [1.54, 1.807) is 18.4 Å². The molecule has 2 atom stereocenters. The molecule has 6 heteroatoms. The SMILES string of the molecule is COc1ccccc1C(C)C1CN(C2=Nc3ccccc3Nc3sc(C)cc32)CCN1C. The van der Waals surface area contributed by atoms with Gasteiger partial charge >= 0.3 is 0 Å². The van der Waals surface area contributed by atoms with Crippen LogP contribution in [-0.2, 0) is 0 Å². The largest absolute Gasteiger partial charge is 0.496 e. The Labute approximate surface area is 194 Å². The van der Waals surface area contributed by atoms with Gasteiger partial charge in [0.25, 0.3) is 0 Å². The van der Waals surface area contributed by atoms with Gasteiger partial charge in [-0.3, -0.25) is 4.90 Å². The van der Waals surface area contributed by atoms with Gasteiger partial charge in [-0.05, 0) is 43.8 Å². The summed E-state index contributed by atoms with van der Waals surface area (Å²) in [7, 11) is 3.99. The molecule has 1 fully saturated rings. The lowest BCUT2D eigenvalue weighted by atomic mass is 9.90. The zero-order valence-corrected chi connectivity index (χ0v) is 19.9. The fraction of sp³-hybridized carbons (Fsp3) is 0.346. The first-order chi connectivity index (χ1) is 15.5. The number of aliphatic imine (C=N–C) groups is 1. The number of methoxy groups -OCH3 is 1. The van der Waals surface area contributed by atoms with Gasteiger partial charge in [-0.2, -0.15) is 0 Å². The van der Waals surface area contributed by atoms with E-state index < -0.39 is 0 Å². The van der Waals surface area contributed by atoms with Crippen LogP contribution in [0.5, 0.6) is 5.75 Å². The van der Waals surface area contributed by atoms with Crippen molar-refractivity contribution < 1.29 is 4.74 Å². The van der Waals surface area contributed by atoms with Crippen molar-refractivity contribution >= 4 is 33.5 Å². The van der Waals surface area contributed by atoms with Crippen LogP contribution in [0.15, 0.2) is 59.6 Å². The summed E-state index contributed by atoms with van der Waals surface area (Å²) in [5.41, 5.74) is 4.53. The van der Waals surface area contributed by atoms with Crippen molar-refractivity contribution in [3.05, 3.63) is 70.6 Å². The van der Waals surface area contributed by atoms with Crippen molar-refractivity contribution in [3.8, 4) is 5.75 Å². The second-order valence-electron chi connectivity index (χ2n) is 8.70. The number of anilines is 2. The van der Waals surface area contributed by atoms with Gasteiger partial charge in [0.05, 0.1) is 24.0 Å². The summed E-state index contributed by atoms with van der Waals surface area (Å²) in [6.07, 6.45) is 0. The highest BCUT2D eigenvalue weighted by atomic mass is 32.1. The van der Waals surface area contributed by atoms with Crippen LogP contribution in [0, 0.1) is 6.92 Å². The average Bonchev–Trinajstić information content (AvgIpc) is 3.10. The van der Waals surface area contributed by atoms with Gasteiger partial charge in [-0.1, -0.05) is 37.3 Å². The molecule has 5 nitrogen and oxygen atoms in total. The fourth-order valence-electron chi connectivity index (χ4n) is 4.87. The molecule has 0 aliphatic carbocycles. The number of benzene rings is 2. The van der Waals surface area contributed by atoms with Crippen molar-refractivity contribution in [2.24, 2.45) is 4.99 Å². The summed E-state index contributed by atoms with van der Waals surface area (Å²) in [6.45, 7) is 7.36. The third-order valence-corrected chi connectivity index (χ3v) is 7.64. The van der Waals surface area contributed by atoms with E-state index in [4.69, 9.17) is 9.73 Å². The maximum Gasteiger partial charge on any atom is 0.139 e. The Morgan fingerprint density at radius 1 is 1.12 bits per heavy atom. The molecule has 5 rings (SSSR count). The van der Waals surface area contributed by atoms with E-state index in [2.05, 4.69) is 84.5 Å². The number of piperazine rings is 1. The van der Waals surface area contributed by atoms with Crippen LogP contribution >= 0.6 is 11.3 Å². The topological polar surface area (TPSA) is 40.1 Å².